The van der Waals surface area contributed by atoms with Crippen LogP contribution in [-0.4, -0.2) is 50.3 Å². The van der Waals surface area contributed by atoms with Gasteiger partial charge < -0.3 is 9.29 Å². The molecule has 1 aliphatic rings. The maximum absolute atomic E-state index is 11.7. The number of benzene rings is 3. The van der Waals surface area contributed by atoms with Crippen molar-refractivity contribution in [1.29, 1.82) is 0 Å². The Bertz CT molecular complexity index is 1580. The maximum atomic E-state index is 11.7. The molecule has 7 nitrogen and oxygen atoms in total. The second-order valence-electron chi connectivity index (χ2n) is 9.38. The molecule has 0 aliphatic carbocycles. The molecule has 0 saturated carbocycles. The van der Waals surface area contributed by atoms with Crippen LogP contribution in [0.15, 0.2) is 84.1 Å². The number of rotatable bonds is 7. The van der Waals surface area contributed by atoms with E-state index in [0.29, 0.717) is 22.5 Å². The van der Waals surface area contributed by atoms with E-state index in [4.69, 9.17) is 9.72 Å². The van der Waals surface area contributed by atoms with Gasteiger partial charge in [-0.1, -0.05) is 36.8 Å². The van der Waals surface area contributed by atoms with Gasteiger partial charge in [0.05, 0.1) is 17.3 Å². The van der Waals surface area contributed by atoms with Crippen LogP contribution in [-0.2, 0) is 15.3 Å². The number of likely N-dealkylation sites (tertiary alicyclic amines) is 1. The smallest absolute Gasteiger partial charge is 0.162 e. The fourth-order valence-electron chi connectivity index (χ4n) is 5.11. The number of hydrogen-bond acceptors (Lipinski definition) is 6. The molecular weight excluding hydrogens is 484 g/mol. The molecule has 0 bridgehead atoms. The molecule has 1 unspecified atom stereocenters. The molecule has 1 saturated heterocycles. The van der Waals surface area contributed by atoms with Crippen LogP contribution in [0.5, 0.6) is 5.75 Å². The van der Waals surface area contributed by atoms with E-state index in [2.05, 4.69) is 10.00 Å². The van der Waals surface area contributed by atoms with Gasteiger partial charge in [0.15, 0.2) is 10.5 Å². The molecule has 8 heteroatoms. The normalized spacial score (nSPS) is 15.3. The Morgan fingerprint density at radius 2 is 1.65 bits per heavy atom. The van der Waals surface area contributed by atoms with Crippen LogP contribution in [0.25, 0.3) is 38.7 Å². The second kappa shape index (κ2) is 10.4. The van der Waals surface area contributed by atoms with E-state index in [1.165, 1.54) is 32.4 Å². The molecule has 1 aliphatic heterocycles. The summed E-state index contributed by atoms with van der Waals surface area (Å²) in [5, 5.41) is 6.11. The van der Waals surface area contributed by atoms with Crippen molar-refractivity contribution in [2.45, 2.75) is 24.2 Å². The van der Waals surface area contributed by atoms with Gasteiger partial charge in [-0.2, -0.15) is 5.10 Å². The topological polar surface area (TPSA) is 82.8 Å². The van der Waals surface area contributed by atoms with Crippen LogP contribution in [0.4, 0.5) is 0 Å². The predicted octanol–water partition coefficient (Wildman–Crippen LogP) is 5.27. The highest BCUT2D eigenvalue weighted by Gasteiger charge is 2.16. The highest BCUT2D eigenvalue weighted by molar-refractivity contribution is 7.79. The Morgan fingerprint density at radius 1 is 0.865 bits per heavy atom. The summed E-state index contributed by atoms with van der Waals surface area (Å²) in [7, 11) is 0. The van der Waals surface area contributed by atoms with Crippen molar-refractivity contribution in [1.82, 2.24) is 19.5 Å². The molecule has 0 amide bonds. The summed E-state index contributed by atoms with van der Waals surface area (Å²) in [6.07, 6.45) is 9.51. The SMILES string of the molecule is O=[SH+]([O-])c1ccc(-c2cnn3cc(-c4ccc(OCCN5CCCCC5)cc4)cnc23)c2ccccc12. The van der Waals surface area contributed by atoms with Crippen LogP contribution in [0.1, 0.15) is 19.3 Å². The molecular formula is C29H28N4O3S. The first-order valence-electron chi connectivity index (χ1n) is 12.6. The second-order valence-corrected chi connectivity index (χ2v) is 10.4. The molecule has 5 aromatic rings. The van der Waals surface area contributed by atoms with Crippen molar-refractivity contribution in [3.05, 3.63) is 79.3 Å². The Balaban J connectivity index is 1.23. The average Bonchev–Trinajstić information content (AvgIpc) is 3.36. The van der Waals surface area contributed by atoms with Crippen molar-refractivity contribution in [2.75, 3.05) is 26.2 Å². The molecule has 6 rings (SSSR count). The Morgan fingerprint density at radius 3 is 2.43 bits per heavy atom. The number of hydrogen-bond donors (Lipinski definition) is 0. The molecule has 3 aromatic carbocycles. The zero-order valence-corrected chi connectivity index (χ0v) is 21.3. The van der Waals surface area contributed by atoms with Crippen molar-refractivity contribution >= 4 is 27.5 Å². The zero-order chi connectivity index (χ0) is 25.2. The molecule has 2 aromatic heterocycles. The lowest BCUT2D eigenvalue weighted by molar-refractivity contribution is 0.183. The first-order valence-corrected chi connectivity index (χ1v) is 13.8. The van der Waals surface area contributed by atoms with Crippen molar-refractivity contribution in [3.8, 4) is 28.0 Å². The van der Waals surface area contributed by atoms with Gasteiger partial charge in [-0.3, -0.25) is 4.90 Å². The van der Waals surface area contributed by atoms with E-state index in [1.807, 2.05) is 67.0 Å². The van der Waals surface area contributed by atoms with Gasteiger partial charge in [-0.25, -0.2) is 9.50 Å². The van der Waals surface area contributed by atoms with Gasteiger partial charge in [0.1, 0.15) is 12.4 Å². The van der Waals surface area contributed by atoms with Crippen LogP contribution in [0.2, 0.25) is 0 Å². The number of aromatic nitrogens is 3. The highest BCUT2D eigenvalue weighted by Crippen LogP contribution is 2.34. The summed E-state index contributed by atoms with van der Waals surface area (Å²) in [5.41, 5.74) is 4.45. The quantitative estimate of drug-likeness (QED) is 0.218. The van der Waals surface area contributed by atoms with E-state index in [9.17, 15) is 8.76 Å². The lowest BCUT2D eigenvalue weighted by Gasteiger charge is -2.26. The molecule has 37 heavy (non-hydrogen) atoms. The van der Waals surface area contributed by atoms with Crippen molar-refractivity contribution in [3.63, 3.8) is 0 Å². The average molecular weight is 513 g/mol. The van der Waals surface area contributed by atoms with E-state index < -0.39 is 11.1 Å². The molecule has 0 N–H and O–H groups in total. The van der Waals surface area contributed by atoms with Gasteiger partial charge in [-0.15, -0.1) is 4.21 Å². The number of piperidine rings is 1. The Kier molecular flexibility index (Phi) is 6.70. The van der Waals surface area contributed by atoms with E-state index in [-0.39, 0.29) is 0 Å². The zero-order valence-electron chi connectivity index (χ0n) is 20.4. The molecule has 1 fully saturated rings. The van der Waals surface area contributed by atoms with Gasteiger partial charge in [0.2, 0.25) is 0 Å². The summed E-state index contributed by atoms with van der Waals surface area (Å²) in [5.74, 6) is 0.867. The van der Waals surface area contributed by atoms with Crippen molar-refractivity contribution in [2.24, 2.45) is 0 Å². The number of nitrogens with zero attached hydrogens (tertiary/aromatic N) is 4. The van der Waals surface area contributed by atoms with Crippen LogP contribution >= 0.6 is 0 Å². The standard InChI is InChI=1S/C29H28N4O3S/c34-37(35)28-13-12-25(24-6-2-3-7-26(24)28)27-19-31-33-20-22(18-30-29(27)33)21-8-10-23(11-9-21)36-17-16-32-14-4-1-5-15-32/h2-3,6-13,18-20,37H,1,4-5,14-17H2. The van der Waals surface area contributed by atoms with Crippen LogP contribution < -0.4 is 4.74 Å². The molecule has 0 radical (unpaired) electrons. The largest absolute Gasteiger partial charge is 0.612 e. The van der Waals surface area contributed by atoms with Gasteiger partial charge in [0.25, 0.3) is 0 Å². The minimum Gasteiger partial charge on any atom is -0.612 e. The van der Waals surface area contributed by atoms with Gasteiger partial charge in [-0.05, 0) is 72.8 Å². The summed E-state index contributed by atoms with van der Waals surface area (Å²) in [6, 6.07) is 19.1. The third kappa shape index (κ3) is 4.87. The fraction of sp³-hybridized carbons (Fsp3) is 0.241. The first kappa shape index (κ1) is 23.8. The third-order valence-corrected chi connectivity index (χ3v) is 7.84. The summed E-state index contributed by atoms with van der Waals surface area (Å²) in [6.45, 7) is 4.02. The van der Waals surface area contributed by atoms with E-state index in [1.54, 1.807) is 16.8 Å². The monoisotopic (exact) mass is 512 g/mol. The van der Waals surface area contributed by atoms with Gasteiger partial charge in [0, 0.05) is 35.5 Å². The number of ether oxygens (including phenoxy) is 1. The summed E-state index contributed by atoms with van der Waals surface area (Å²) >= 11 is -2.69. The van der Waals surface area contributed by atoms with E-state index in [0.717, 1.165) is 39.9 Å². The minimum atomic E-state index is -2.69. The fourth-order valence-corrected chi connectivity index (χ4v) is 5.70. The molecule has 0 spiro atoms. The first-order chi connectivity index (χ1) is 18.2. The minimum absolute atomic E-state index is 0.319. The molecule has 1 atom stereocenters. The Labute approximate surface area is 218 Å². The van der Waals surface area contributed by atoms with E-state index >= 15 is 0 Å². The van der Waals surface area contributed by atoms with Crippen molar-refractivity contribution < 1.29 is 13.5 Å². The maximum Gasteiger partial charge on any atom is 0.162 e. The Hall–Kier alpha value is -3.59. The third-order valence-electron chi connectivity index (χ3n) is 7.06. The lowest BCUT2D eigenvalue weighted by atomic mass is 10.00. The molecule has 188 valence electrons. The number of thiol groups is 1. The summed E-state index contributed by atoms with van der Waals surface area (Å²) in [4.78, 5) is 7.52. The molecule has 3 heterocycles. The predicted molar refractivity (Wildman–Crippen MR) is 146 cm³/mol. The summed E-state index contributed by atoms with van der Waals surface area (Å²) < 4.78 is 31.2. The van der Waals surface area contributed by atoms with Crippen LogP contribution in [0, 0.1) is 0 Å². The number of fused-ring (bicyclic) bond motifs is 2. The van der Waals surface area contributed by atoms with Crippen LogP contribution in [0.3, 0.4) is 0 Å². The highest BCUT2D eigenvalue weighted by atomic mass is 32.2. The van der Waals surface area contributed by atoms with Gasteiger partial charge >= 0.3 is 0 Å². The lowest BCUT2D eigenvalue weighted by Crippen LogP contribution is -2.33.